The summed E-state index contributed by atoms with van der Waals surface area (Å²) >= 11 is 0. The molecule has 4 aromatic carbocycles. The van der Waals surface area contributed by atoms with Gasteiger partial charge in [-0.25, -0.2) is 19.6 Å². The quantitative estimate of drug-likeness (QED) is 0.292. The maximum Gasteiger partial charge on any atom is 0.271 e. The summed E-state index contributed by atoms with van der Waals surface area (Å²) in [6.45, 7) is 0. The highest BCUT2D eigenvalue weighted by Crippen LogP contribution is 2.04. The van der Waals surface area contributed by atoms with Crippen LogP contribution in [0.4, 0.5) is 8.78 Å². The standard InChI is InChI=1S/2C14H11FN2O/c2*15-13-9-5-4-8-12(13)10-16-17-14(18)11-6-2-1-3-7-11/h2*1-10H,(H,17,18)/b2*16-10+. The van der Waals surface area contributed by atoms with Crippen molar-refractivity contribution in [1.29, 1.82) is 0 Å². The van der Waals surface area contributed by atoms with Gasteiger partial charge in [0, 0.05) is 22.3 Å². The molecule has 4 aromatic rings. The fourth-order valence-electron chi connectivity index (χ4n) is 2.79. The van der Waals surface area contributed by atoms with Crippen molar-refractivity contribution < 1.29 is 18.4 Å². The number of carbonyl (C=O) groups is 2. The molecule has 4 rings (SSSR count). The molecule has 2 amide bonds. The number of carbonyl (C=O) groups excluding carboxylic acids is 2. The van der Waals surface area contributed by atoms with E-state index in [0.717, 1.165) is 0 Å². The van der Waals surface area contributed by atoms with Crippen molar-refractivity contribution in [3.63, 3.8) is 0 Å². The second-order valence-electron chi connectivity index (χ2n) is 7.17. The normalized spacial score (nSPS) is 10.5. The van der Waals surface area contributed by atoms with Crippen LogP contribution in [0.1, 0.15) is 31.8 Å². The predicted octanol–water partition coefficient (Wildman–Crippen LogP) is 5.18. The third-order valence-electron chi connectivity index (χ3n) is 4.62. The smallest absolute Gasteiger partial charge is 0.267 e. The Bertz CT molecular complexity index is 1240. The van der Waals surface area contributed by atoms with Crippen LogP contribution in [0, 0.1) is 11.6 Å². The highest BCUT2D eigenvalue weighted by atomic mass is 19.1. The van der Waals surface area contributed by atoms with Crippen molar-refractivity contribution in [3.05, 3.63) is 143 Å². The topological polar surface area (TPSA) is 82.9 Å². The summed E-state index contributed by atoms with van der Waals surface area (Å²) in [6.07, 6.45) is 2.55. The minimum Gasteiger partial charge on any atom is -0.267 e. The van der Waals surface area contributed by atoms with E-state index in [1.807, 2.05) is 12.1 Å². The molecule has 8 heteroatoms. The van der Waals surface area contributed by atoms with E-state index in [2.05, 4.69) is 21.1 Å². The monoisotopic (exact) mass is 484 g/mol. The van der Waals surface area contributed by atoms with Crippen molar-refractivity contribution in [2.45, 2.75) is 0 Å². The van der Waals surface area contributed by atoms with Gasteiger partial charge >= 0.3 is 0 Å². The van der Waals surface area contributed by atoms with Gasteiger partial charge < -0.3 is 0 Å². The lowest BCUT2D eigenvalue weighted by molar-refractivity contribution is 0.0947. The van der Waals surface area contributed by atoms with Crippen LogP contribution in [0.15, 0.2) is 119 Å². The molecule has 0 aliphatic carbocycles. The molecule has 0 fully saturated rings. The molecule has 0 aliphatic heterocycles. The van der Waals surface area contributed by atoms with Crippen molar-refractivity contribution in [2.75, 3.05) is 0 Å². The van der Waals surface area contributed by atoms with Crippen LogP contribution in [-0.4, -0.2) is 24.2 Å². The van der Waals surface area contributed by atoms with Gasteiger partial charge in [-0.3, -0.25) is 9.59 Å². The van der Waals surface area contributed by atoms with Gasteiger partial charge in [0.2, 0.25) is 0 Å². The SMILES string of the molecule is O=C(N/N=C/c1ccccc1F)c1ccccc1.O=C(N/N=C/c1ccccc1F)c1ccccc1. The molecule has 36 heavy (non-hydrogen) atoms. The van der Waals surface area contributed by atoms with Gasteiger partial charge in [-0.15, -0.1) is 0 Å². The molecule has 0 bridgehead atoms. The molecule has 180 valence electrons. The lowest BCUT2D eigenvalue weighted by Gasteiger charge is -1.99. The number of hydrazone groups is 2. The van der Waals surface area contributed by atoms with E-state index in [9.17, 15) is 18.4 Å². The molecule has 0 unspecified atom stereocenters. The third-order valence-corrected chi connectivity index (χ3v) is 4.62. The summed E-state index contributed by atoms with van der Waals surface area (Å²) in [6, 6.07) is 29.8. The number of hydrogen-bond donors (Lipinski definition) is 2. The molecule has 6 nitrogen and oxygen atoms in total. The maximum atomic E-state index is 13.2. The van der Waals surface area contributed by atoms with Crippen LogP contribution in [-0.2, 0) is 0 Å². The van der Waals surface area contributed by atoms with Crippen LogP contribution in [0.5, 0.6) is 0 Å². The van der Waals surface area contributed by atoms with Crippen LogP contribution in [0.25, 0.3) is 0 Å². The molecule has 0 saturated carbocycles. The van der Waals surface area contributed by atoms with Crippen molar-refractivity contribution in [2.24, 2.45) is 10.2 Å². The highest BCUT2D eigenvalue weighted by molar-refractivity contribution is 5.95. The number of nitrogens with one attached hydrogen (secondary N) is 2. The first-order chi connectivity index (χ1) is 17.5. The number of nitrogens with zero attached hydrogens (tertiary/aromatic N) is 2. The molecule has 0 heterocycles. The molecule has 0 atom stereocenters. The van der Waals surface area contributed by atoms with Crippen molar-refractivity contribution >= 4 is 24.2 Å². The number of amides is 2. The van der Waals surface area contributed by atoms with E-state index in [1.54, 1.807) is 84.9 Å². The van der Waals surface area contributed by atoms with Crippen LogP contribution in [0.2, 0.25) is 0 Å². The average molecular weight is 485 g/mol. The molecule has 2 N–H and O–H groups in total. The molecular weight excluding hydrogens is 462 g/mol. The van der Waals surface area contributed by atoms with Gasteiger partial charge in [0.15, 0.2) is 0 Å². The summed E-state index contributed by atoms with van der Waals surface area (Å²) in [5.74, 6) is -1.42. The van der Waals surface area contributed by atoms with Gasteiger partial charge in [0.1, 0.15) is 11.6 Å². The molecule has 0 saturated heterocycles. The van der Waals surface area contributed by atoms with Crippen LogP contribution in [0.3, 0.4) is 0 Å². The Balaban J connectivity index is 0.000000201. The Kier molecular flexibility index (Phi) is 9.73. The Morgan fingerprint density at radius 1 is 0.528 bits per heavy atom. The van der Waals surface area contributed by atoms with Gasteiger partial charge in [0.05, 0.1) is 12.4 Å². The summed E-state index contributed by atoms with van der Waals surface area (Å²) in [5.41, 5.74) is 6.33. The van der Waals surface area contributed by atoms with Gasteiger partial charge in [-0.2, -0.15) is 10.2 Å². The minimum atomic E-state index is -0.379. The molecule has 0 spiro atoms. The molecule has 0 aromatic heterocycles. The van der Waals surface area contributed by atoms with E-state index in [1.165, 1.54) is 24.6 Å². The lowest BCUT2D eigenvalue weighted by atomic mass is 10.2. The van der Waals surface area contributed by atoms with E-state index in [4.69, 9.17) is 0 Å². The molecular formula is C28H22F2N4O2. The van der Waals surface area contributed by atoms with Gasteiger partial charge in [-0.1, -0.05) is 72.8 Å². The zero-order chi connectivity index (χ0) is 25.6. The van der Waals surface area contributed by atoms with Crippen LogP contribution < -0.4 is 10.9 Å². The Morgan fingerprint density at radius 2 is 0.861 bits per heavy atom. The van der Waals surface area contributed by atoms with Crippen LogP contribution >= 0.6 is 0 Å². The minimum absolute atomic E-state index is 0.325. The summed E-state index contributed by atoms with van der Waals surface area (Å²) < 4.78 is 26.5. The highest BCUT2D eigenvalue weighted by Gasteiger charge is 2.03. The van der Waals surface area contributed by atoms with Crippen molar-refractivity contribution in [1.82, 2.24) is 10.9 Å². The zero-order valence-electron chi connectivity index (χ0n) is 19.0. The number of hydrogen-bond acceptors (Lipinski definition) is 4. The Labute approximate surface area is 207 Å². The lowest BCUT2D eigenvalue weighted by Crippen LogP contribution is -2.17. The second-order valence-corrected chi connectivity index (χ2v) is 7.17. The zero-order valence-corrected chi connectivity index (χ0v) is 19.0. The van der Waals surface area contributed by atoms with E-state index in [-0.39, 0.29) is 23.4 Å². The van der Waals surface area contributed by atoms with E-state index >= 15 is 0 Å². The fraction of sp³-hybridized carbons (Fsp3) is 0. The number of halogens is 2. The molecule has 0 aliphatic rings. The van der Waals surface area contributed by atoms with E-state index in [0.29, 0.717) is 22.3 Å². The number of benzene rings is 4. The average Bonchev–Trinajstić information content (AvgIpc) is 2.92. The van der Waals surface area contributed by atoms with Gasteiger partial charge in [0.25, 0.3) is 11.8 Å². The maximum absolute atomic E-state index is 13.2. The largest absolute Gasteiger partial charge is 0.271 e. The first-order valence-corrected chi connectivity index (χ1v) is 10.8. The Hall–Kier alpha value is -4.98. The third kappa shape index (κ3) is 8.11. The summed E-state index contributed by atoms with van der Waals surface area (Å²) in [7, 11) is 0. The summed E-state index contributed by atoms with van der Waals surface area (Å²) in [4.78, 5) is 23.2. The second kappa shape index (κ2) is 13.7. The van der Waals surface area contributed by atoms with E-state index < -0.39 is 0 Å². The predicted molar refractivity (Wildman–Crippen MR) is 136 cm³/mol. The fourth-order valence-corrected chi connectivity index (χ4v) is 2.79. The molecule has 0 radical (unpaired) electrons. The van der Waals surface area contributed by atoms with Gasteiger partial charge in [-0.05, 0) is 36.4 Å². The first kappa shape index (κ1) is 25.6. The summed E-state index contributed by atoms with van der Waals surface area (Å²) in [5, 5.41) is 7.43. The Morgan fingerprint density at radius 3 is 1.22 bits per heavy atom. The number of rotatable bonds is 6. The van der Waals surface area contributed by atoms with Crippen molar-refractivity contribution in [3.8, 4) is 0 Å². The first-order valence-electron chi connectivity index (χ1n) is 10.8.